The maximum Gasteiger partial charge on any atom is 0.138 e. The summed E-state index contributed by atoms with van der Waals surface area (Å²) in [6.07, 6.45) is 3.87. The second-order valence-electron chi connectivity index (χ2n) is 3.13. The summed E-state index contributed by atoms with van der Waals surface area (Å²) in [5.41, 5.74) is 3.47. The van der Waals surface area contributed by atoms with E-state index in [4.69, 9.17) is 5.26 Å². The molecule has 0 amide bonds. The molecule has 0 N–H and O–H groups in total. The smallest absolute Gasteiger partial charge is 0.138 e. The number of fused-ring (bicyclic) bond motifs is 1. The molecule has 0 fully saturated rings. The summed E-state index contributed by atoms with van der Waals surface area (Å²) in [6, 6.07) is 3.95. The van der Waals surface area contributed by atoms with Crippen LogP contribution in [-0.4, -0.2) is 9.38 Å². The van der Waals surface area contributed by atoms with Crippen LogP contribution in [0.3, 0.4) is 0 Å². The van der Waals surface area contributed by atoms with Gasteiger partial charge in [-0.25, -0.2) is 4.98 Å². The summed E-state index contributed by atoms with van der Waals surface area (Å²) in [6.45, 7) is 7.86. The number of rotatable bonds is 0. The van der Waals surface area contributed by atoms with Crippen molar-refractivity contribution in [2.45, 2.75) is 27.7 Å². The highest BCUT2D eigenvalue weighted by atomic mass is 15.0. The number of pyridine rings is 1. The number of aromatic nitrogens is 2. The summed E-state index contributed by atoms with van der Waals surface area (Å²) < 4.78 is 1.94. The third kappa shape index (κ3) is 2.16. The van der Waals surface area contributed by atoms with Gasteiger partial charge in [-0.15, -0.1) is 0 Å². The summed E-state index contributed by atoms with van der Waals surface area (Å²) >= 11 is 0. The van der Waals surface area contributed by atoms with Crippen LogP contribution in [-0.2, 0) is 0 Å². The number of nitrogens with zero attached hydrogens (tertiary/aromatic N) is 3. The van der Waals surface area contributed by atoms with Gasteiger partial charge in [-0.1, -0.05) is 13.8 Å². The molecule has 0 radical (unpaired) electrons. The van der Waals surface area contributed by atoms with Crippen LogP contribution in [0.4, 0.5) is 0 Å². The average molecular weight is 201 g/mol. The third-order valence-electron chi connectivity index (χ3n) is 2.03. The van der Waals surface area contributed by atoms with Gasteiger partial charge in [-0.05, 0) is 25.5 Å². The first kappa shape index (κ1) is 11.3. The lowest BCUT2D eigenvalue weighted by atomic mass is 10.2. The summed E-state index contributed by atoms with van der Waals surface area (Å²) in [4.78, 5) is 4.27. The Labute approximate surface area is 90.0 Å². The van der Waals surface area contributed by atoms with Crippen LogP contribution in [0.5, 0.6) is 0 Å². The predicted octanol–water partition coefficient (Wildman–Crippen LogP) is 2.85. The standard InChI is InChI=1S/C10H9N3.C2H6/c1-7-5-13-6-8(2)12-10(13)3-9(7)4-11;1-2/h3,5-6H,1-2H3;1-2H3. The van der Waals surface area contributed by atoms with E-state index in [1.54, 1.807) is 0 Å². The zero-order valence-electron chi connectivity index (χ0n) is 9.57. The zero-order valence-corrected chi connectivity index (χ0v) is 9.57. The molecule has 78 valence electrons. The maximum absolute atomic E-state index is 8.80. The number of nitriles is 1. The summed E-state index contributed by atoms with van der Waals surface area (Å²) in [5, 5.41) is 8.80. The van der Waals surface area contributed by atoms with Crippen molar-refractivity contribution in [3.8, 4) is 6.07 Å². The van der Waals surface area contributed by atoms with Gasteiger partial charge < -0.3 is 4.40 Å². The van der Waals surface area contributed by atoms with Crippen molar-refractivity contribution in [1.29, 1.82) is 5.26 Å². The third-order valence-corrected chi connectivity index (χ3v) is 2.03. The Hall–Kier alpha value is -1.82. The summed E-state index contributed by atoms with van der Waals surface area (Å²) in [7, 11) is 0. The van der Waals surface area contributed by atoms with Crippen LogP contribution in [0, 0.1) is 25.2 Å². The van der Waals surface area contributed by atoms with Crippen LogP contribution in [0.15, 0.2) is 18.5 Å². The molecule has 0 unspecified atom stereocenters. The lowest BCUT2D eigenvalue weighted by Crippen LogP contribution is -1.88. The van der Waals surface area contributed by atoms with Crippen molar-refractivity contribution < 1.29 is 0 Å². The molecule has 0 aliphatic heterocycles. The van der Waals surface area contributed by atoms with Crippen molar-refractivity contribution in [3.63, 3.8) is 0 Å². The van der Waals surface area contributed by atoms with E-state index < -0.39 is 0 Å². The minimum absolute atomic E-state index is 0.693. The molecule has 15 heavy (non-hydrogen) atoms. The monoisotopic (exact) mass is 201 g/mol. The van der Waals surface area contributed by atoms with Crippen molar-refractivity contribution in [2.75, 3.05) is 0 Å². The van der Waals surface area contributed by atoms with E-state index in [-0.39, 0.29) is 0 Å². The Morgan fingerprint density at radius 3 is 2.53 bits per heavy atom. The van der Waals surface area contributed by atoms with Crippen LogP contribution in [0.1, 0.15) is 30.7 Å². The highest BCUT2D eigenvalue weighted by Crippen LogP contribution is 2.11. The Kier molecular flexibility index (Phi) is 3.46. The molecule has 0 aliphatic carbocycles. The lowest BCUT2D eigenvalue weighted by molar-refractivity contribution is 1.15. The molecule has 0 saturated carbocycles. The maximum atomic E-state index is 8.80. The minimum atomic E-state index is 0.693. The second kappa shape index (κ2) is 4.61. The molecule has 2 aromatic heterocycles. The lowest BCUT2D eigenvalue weighted by Gasteiger charge is -1.97. The first-order valence-electron chi connectivity index (χ1n) is 5.07. The van der Waals surface area contributed by atoms with Crippen LogP contribution in [0.2, 0.25) is 0 Å². The molecule has 3 heteroatoms. The Morgan fingerprint density at radius 1 is 1.27 bits per heavy atom. The van der Waals surface area contributed by atoms with Gasteiger partial charge in [0.1, 0.15) is 5.65 Å². The molecule has 0 atom stereocenters. The molecule has 2 aromatic rings. The molecule has 2 heterocycles. The first-order chi connectivity index (χ1) is 7.20. The van der Waals surface area contributed by atoms with Gasteiger partial charge in [0.05, 0.1) is 17.3 Å². The highest BCUT2D eigenvalue weighted by Gasteiger charge is 2.02. The van der Waals surface area contributed by atoms with Crippen molar-refractivity contribution in [1.82, 2.24) is 9.38 Å². The van der Waals surface area contributed by atoms with E-state index in [0.29, 0.717) is 5.56 Å². The molecule has 0 aliphatic rings. The van der Waals surface area contributed by atoms with Gasteiger partial charge in [-0.3, -0.25) is 0 Å². The number of hydrogen-bond acceptors (Lipinski definition) is 2. The topological polar surface area (TPSA) is 41.1 Å². The van der Waals surface area contributed by atoms with Gasteiger partial charge in [-0.2, -0.15) is 5.26 Å². The van der Waals surface area contributed by atoms with Gasteiger partial charge in [0, 0.05) is 12.4 Å². The summed E-state index contributed by atoms with van der Waals surface area (Å²) in [5.74, 6) is 0. The number of hydrogen-bond donors (Lipinski definition) is 0. The molecule has 0 aromatic carbocycles. The van der Waals surface area contributed by atoms with Crippen LogP contribution >= 0.6 is 0 Å². The highest BCUT2D eigenvalue weighted by molar-refractivity contribution is 5.50. The van der Waals surface area contributed by atoms with Crippen molar-refractivity contribution in [2.24, 2.45) is 0 Å². The predicted molar refractivity (Wildman–Crippen MR) is 60.7 cm³/mol. The van der Waals surface area contributed by atoms with Gasteiger partial charge >= 0.3 is 0 Å². The zero-order chi connectivity index (χ0) is 11.4. The van der Waals surface area contributed by atoms with Crippen molar-refractivity contribution in [3.05, 3.63) is 35.3 Å². The SMILES string of the molecule is CC.Cc1cn2cc(C)c(C#N)cc2n1. The second-order valence-corrected chi connectivity index (χ2v) is 3.13. The number of imidazole rings is 1. The molecular formula is C12H15N3. The average Bonchev–Trinajstić information content (AvgIpc) is 2.59. The normalized spacial score (nSPS) is 9.27. The fraction of sp³-hybridized carbons (Fsp3) is 0.333. The van der Waals surface area contributed by atoms with E-state index in [0.717, 1.165) is 16.9 Å². The molecule has 0 bridgehead atoms. The van der Waals surface area contributed by atoms with E-state index >= 15 is 0 Å². The van der Waals surface area contributed by atoms with E-state index in [2.05, 4.69) is 11.1 Å². The van der Waals surface area contributed by atoms with E-state index in [9.17, 15) is 0 Å². The fourth-order valence-corrected chi connectivity index (χ4v) is 1.39. The minimum Gasteiger partial charge on any atom is -0.306 e. The van der Waals surface area contributed by atoms with Gasteiger partial charge in [0.15, 0.2) is 0 Å². The van der Waals surface area contributed by atoms with E-state index in [1.807, 2.05) is 50.6 Å². The first-order valence-corrected chi connectivity index (χ1v) is 5.07. The number of aryl methyl sites for hydroxylation is 2. The largest absolute Gasteiger partial charge is 0.306 e. The van der Waals surface area contributed by atoms with Crippen LogP contribution < -0.4 is 0 Å². The fourth-order valence-electron chi connectivity index (χ4n) is 1.39. The van der Waals surface area contributed by atoms with Gasteiger partial charge in [0.2, 0.25) is 0 Å². The van der Waals surface area contributed by atoms with Crippen LogP contribution in [0.25, 0.3) is 5.65 Å². The van der Waals surface area contributed by atoms with Gasteiger partial charge in [0.25, 0.3) is 0 Å². The van der Waals surface area contributed by atoms with Crippen molar-refractivity contribution >= 4 is 5.65 Å². The Balaban J connectivity index is 0.000000531. The molecule has 0 spiro atoms. The molecule has 0 saturated heterocycles. The molecular weight excluding hydrogens is 186 g/mol. The quantitative estimate of drug-likeness (QED) is 0.657. The Bertz CT molecular complexity index is 503. The molecule has 2 rings (SSSR count). The van der Waals surface area contributed by atoms with E-state index in [1.165, 1.54) is 0 Å². The Morgan fingerprint density at radius 2 is 1.93 bits per heavy atom. The molecule has 3 nitrogen and oxygen atoms in total.